The summed E-state index contributed by atoms with van der Waals surface area (Å²) in [4.78, 5) is 0. The number of alkyl halides is 6. The van der Waals surface area contributed by atoms with Gasteiger partial charge in [-0.1, -0.05) is 0 Å². The van der Waals surface area contributed by atoms with Crippen LogP contribution >= 0.6 is 0 Å². The van der Waals surface area contributed by atoms with E-state index in [9.17, 15) is 26.3 Å². The van der Waals surface area contributed by atoms with Crippen LogP contribution in [0.3, 0.4) is 0 Å². The maximum absolute atomic E-state index is 12.4. The Morgan fingerprint density at radius 3 is 1.67 bits per heavy atom. The van der Waals surface area contributed by atoms with Crippen LogP contribution in [0.1, 0.15) is 11.1 Å². The van der Waals surface area contributed by atoms with Crippen molar-refractivity contribution < 1.29 is 31.1 Å². The molecule has 0 aromatic heterocycles. The topological polar surface area (TPSA) is 35.2 Å². The minimum atomic E-state index is -4.87. The minimum Gasteiger partial charge on any atom is -0.492 e. The summed E-state index contributed by atoms with van der Waals surface area (Å²) in [6, 6.07) is 1.05. The second-order valence-corrected chi connectivity index (χ2v) is 3.38. The van der Waals surface area contributed by atoms with Crippen LogP contribution in [-0.4, -0.2) is 13.2 Å². The van der Waals surface area contributed by atoms with E-state index in [0.29, 0.717) is 12.1 Å². The molecule has 18 heavy (non-hydrogen) atoms. The third kappa shape index (κ3) is 3.80. The zero-order chi connectivity index (χ0) is 14.0. The fourth-order valence-electron chi connectivity index (χ4n) is 1.19. The molecule has 0 fully saturated rings. The van der Waals surface area contributed by atoms with Crippen molar-refractivity contribution >= 4 is 0 Å². The van der Waals surface area contributed by atoms with Crippen LogP contribution < -0.4 is 10.5 Å². The van der Waals surface area contributed by atoms with Gasteiger partial charge in [-0.2, -0.15) is 26.3 Å². The highest BCUT2D eigenvalue weighted by Crippen LogP contribution is 2.38. The third-order valence-electron chi connectivity index (χ3n) is 1.95. The Bertz CT molecular complexity index is 380. The quantitative estimate of drug-likeness (QED) is 0.859. The molecule has 102 valence electrons. The molecular weight excluding hydrogens is 264 g/mol. The van der Waals surface area contributed by atoms with Crippen molar-refractivity contribution in [2.75, 3.05) is 13.2 Å². The molecule has 2 nitrogen and oxygen atoms in total. The Morgan fingerprint density at radius 1 is 0.889 bits per heavy atom. The molecule has 1 aromatic carbocycles. The van der Waals surface area contributed by atoms with Crippen LogP contribution in [0.15, 0.2) is 18.2 Å². The molecule has 0 radical (unpaired) electrons. The first-order chi connectivity index (χ1) is 8.14. The zero-order valence-electron chi connectivity index (χ0n) is 8.90. The van der Waals surface area contributed by atoms with Gasteiger partial charge in [0, 0.05) is 6.54 Å². The van der Waals surface area contributed by atoms with Crippen LogP contribution in [0, 0.1) is 0 Å². The summed E-state index contributed by atoms with van der Waals surface area (Å²) in [6.45, 7) is -0.184. The average molecular weight is 273 g/mol. The van der Waals surface area contributed by atoms with Crippen molar-refractivity contribution in [3.8, 4) is 5.75 Å². The lowest BCUT2D eigenvalue weighted by atomic mass is 10.1. The number of benzene rings is 1. The van der Waals surface area contributed by atoms with Crippen molar-refractivity contribution in [2.45, 2.75) is 12.4 Å². The number of rotatable bonds is 3. The molecular formula is C10H9F6NO. The van der Waals surface area contributed by atoms with E-state index in [0.717, 1.165) is 0 Å². The van der Waals surface area contributed by atoms with Gasteiger partial charge in [0.05, 0.1) is 11.1 Å². The molecule has 8 heteroatoms. The Kier molecular flexibility index (Phi) is 4.10. The van der Waals surface area contributed by atoms with E-state index in [1.165, 1.54) is 0 Å². The predicted octanol–water partition coefficient (Wildman–Crippen LogP) is 3.06. The molecule has 0 heterocycles. The number of nitrogens with two attached hydrogens (primary N) is 1. The van der Waals surface area contributed by atoms with Crippen LogP contribution in [0.25, 0.3) is 0 Å². The number of halogens is 6. The lowest BCUT2D eigenvalue weighted by Crippen LogP contribution is -2.14. The van der Waals surface area contributed by atoms with Gasteiger partial charge in [-0.05, 0) is 18.2 Å². The highest BCUT2D eigenvalue weighted by Gasteiger charge is 2.37. The highest BCUT2D eigenvalue weighted by atomic mass is 19.4. The van der Waals surface area contributed by atoms with Crippen molar-refractivity contribution in [3.05, 3.63) is 29.3 Å². The Labute approximate surface area is 98.3 Å². The van der Waals surface area contributed by atoms with Gasteiger partial charge in [-0.3, -0.25) is 0 Å². The minimum absolute atomic E-state index is 0.0163. The van der Waals surface area contributed by atoms with Gasteiger partial charge in [0.1, 0.15) is 12.4 Å². The SMILES string of the molecule is NCCOc1cc(C(F)(F)F)cc(C(F)(F)F)c1. The van der Waals surface area contributed by atoms with E-state index < -0.39 is 29.2 Å². The summed E-state index contributed by atoms with van der Waals surface area (Å²) in [7, 11) is 0. The molecule has 0 unspecified atom stereocenters. The highest BCUT2D eigenvalue weighted by molar-refractivity contribution is 5.37. The first-order valence-electron chi connectivity index (χ1n) is 4.77. The summed E-state index contributed by atoms with van der Waals surface area (Å²) in [6.07, 6.45) is -9.75. The zero-order valence-corrected chi connectivity index (χ0v) is 8.90. The van der Waals surface area contributed by atoms with Crippen LogP contribution in [-0.2, 0) is 12.4 Å². The van der Waals surface area contributed by atoms with Gasteiger partial charge < -0.3 is 10.5 Å². The largest absolute Gasteiger partial charge is 0.492 e. The van der Waals surface area contributed by atoms with Gasteiger partial charge in [0.2, 0.25) is 0 Å². The van der Waals surface area contributed by atoms with Gasteiger partial charge in [-0.15, -0.1) is 0 Å². The third-order valence-corrected chi connectivity index (χ3v) is 1.95. The van der Waals surface area contributed by atoms with Crippen LogP contribution in [0.4, 0.5) is 26.3 Å². The molecule has 0 atom stereocenters. The molecule has 0 amide bonds. The number of hydrogen-bond acceptors (Lipinski definition) is 2. The van der Waals surface area contributed by atoms with Crippen molar-refractivity contribution in [3.63, 3.8) is 0 Å². The molecule has 1 rings (SSSR count). The van der Waals surface area contributed by atoms with Gasteiger partial charge in [0.15, 0.2) is 0 Å². The van der Waals surface area contributed by atoms with E-state index in [1.54, 1.807) is 0 Å². The van der Waals surface area contributed by atoms with Crippen molar-refractivity contribution in [2.24, 2.45) is 5.73 Å². The molecule has 0 bridgehead atoms. The van der Waals surface area contributed by atoms with E-state index in [4.69, 9.17) is 10.5 Å². The number of hydrogen-bond donors (Lipinski definition) is 1. The first-order valence-corrected chi connectivity index (χ1v) is 4.77. The molecule has 0 saturated carbocycles. The maximum Gasteiger partial charge on any atom is 0.416 e. The van der Waals surface area contributed by atoms with Crippen LogP contribution in [0.5, 0.6) is 5.75 Å². The first kappa shape index (κ1) is 14.6. The average Bonchev–Trinajstić information content (AvgIpc) is 2.23. The number of ether oxygens (including phenoxy) is 1. The lowest BCUT2D eigenvalue weighted by Gasteiger charge is -2.14. The summed E-state index contributed by atoms with van der Waals surface area (Å²) in [5.74, 6) is -0.511. The van der Waals surface area contributed by atoms with Gasteiger partial charge in [0.25, 0.3) is 0 Å². The van der Waals surface area contributed by atoms with Crippen molar-refractivity contribution in [1.82, 2.24) is 0 Å². The van der Waals surface area contributed by atoms with E-state index in [-0.39, 0.29) is 19.2 Å². The Hall–Kier alpha value is -1.44. The lowest BCUT2D eigenvalue weighted by molar-refractivity contribution is -0.143. The molecule has 0 saturated heterocycles. The summed E-state index contributed by atoms with van der Waals surface area (Å²) >= 11 is 0. The predicted molar refractivity (Wildman–Crippen MR) is 51.0 cm³/mol. The Morgan fingerprint density at radius 2 is 1.33 bits per heavy atom. The molecule has 2 N–H and O–H groups in total. The fourth-order valence-corrected chi connectivity index (χ4v) is 1.19. The fraction of sp³-hybridized carbons (Fsp3) is 0.400. The van der Waals surface area contributed by atoms with E-state index in [2.05, 4.69) is 0 Å². The van der Waals surface area contributed by atoms with Crippen LogP contribution in [0.2, 0.25) is 0 Å². The van der Waals surface area contributed by atoms with Crippen molar-refractivity contribution in [1.29, 1.82) is 0 Å². The molecule has 0 spiro atoms. The molecule has 0 aliphatic heterocycles. The monoisotopic (exact) mass is 273 g/mol. The summed E-state index contributed by atoms with van der Waals surface area (Å²) in [5.41, 5.74) is 2.23. The molecule has 0 aliphatic rings. The second kappa shape index (κ2) is 5.05. The second-order valence-electron chi connectivity index (χ2n) is 3.38. The molecule has 0 aliphatic carbocycles. The molecule has 1 aromatic rings. The smallest absolute Gasteiger partial charge is 0.416 e. The normalized spacial score (nSPS) is 12.6. The van der Waals surface area contributed by atoms with Gasteiger partial charge in [-0.25, -0.2) is 0 Å². The van der Waals surface area contributed by atoms with E-state index in [1.807, 2.05) is 0 Å². The summed E-state index contributed by atoms with van der Waals surface area (Å²) < 4.78 is 79.2. The maximum atomic E-state index is 12.4. The standard InChI is InChI=1S/C10H9F6NO/c11-9(12,13)6-3-7(10(14,15)16)5-8(4-6)18-2-1-17/h3-5H,1-2,17H2. The van der Waals surface area contributed by atoms with Gasteiger partial charge >= 0.3 is 12.4 Å². The Balaban J connectivity index is 3.21. The van der Waals surface area contributed by atoms with E-state index >= 15 is 0 Å². The summed E-state index contributed by atoms with van der Waals surface area (Å²) in [5, 5.41) is 0.